The zero-order chi connectivity index (χ0) is 7.42. The van der Waals surface area contributed by atoms with E-state index in [1.54, 1.807) is 7.11 Å². The number of fused-ring (bicyclic) bond motifs is 1. The average Bonchev–Trinajstić information content (AvgIpc) is 2.59. The molecule has 2 heteroatoms. The molecule has 2 saturated carbocycles. The van der Waals surface area contributed by atoms with Crippen LogP contribution in [0.4, 0.5) is 0 Å². The van der Waals surface area contributed by atoms with Gasteiger partial charge in [-0.2, -0.15) is 0 Å². The van der Waals surface area contributed by atoms with Gasteiger partial charge in [-0.05, 0) is 24.7 Å². The Bertz CT molecular complexity index is 224. The van der Waals surface area contributed by atoms with E-state index >= 15 is 0 Å². The highest BCUT2D eigenvalue weighted by molar-refractivity contribution is 5.85. The fraction of sp³-hybridized carbons (Fsp3) is 0.889. The molecule has 1 heterocycles. The lowest BCUT2D eigenvalue weighted by Crippen LogP contribution is -2.14. The lowest BCUT2D eigenvalue weighted by Gasteiger charge is -2.16. The van der Waals surface area contributed by atoms with Crippen molar-refractivity contribution in [2.45, 2.75) is 25.3 Å². The van der Waals surface area contributed by atoms with Gasteiger partial charge in [0, 0.05) is 5.92 Å². The Morgan fingerprint density at radius 3 is 3.00 bits per heavy atom. The van der Waals surface area contributed by atoms with Crippen molar-refractivity contribution in [2.24, 2.45) is 22.7 Å². The number of aliphatic imine (C=N–C) groups is 1. The van der Waals surface area contributed by atoms with E-state index < -0.39 is 0 Å². The summed E-state index contributed by atoms with van der Waals surface area (Å²) in [6.07, 6.45) is 4.13. The maximum atomic E-state index is 5.25. The van der Waals surface area contributed by atoms with Gasteiger partial charge >= 0.3 is 0 Å². The van der Waals surface area contributed by atoms with Gasteiger partial charge < -0.3 is 4.74 Å². The van der Waals surface area contributed by atoms with Crippen LogP contribution in [0.1, 0.15) is 19.3 Å². The van der Waals surface area contributed by atoms with E-state index in [0.29, 0.717) is 6.04 Å². The molecule has 11 heavy (non-hydrogen) atoms. The second kappa shape index (κ2) is 1.79. The van der Waals surface area contributed by atoms with E-state index in [2.05, 4.69) is 4.99 Å². The molecule has 0 aromatic heterocycles. The zero-order valence-electron chi connectivity index (χ0n) is 6.79. The monoisotopic (exact) mass is 151 g/mol. The summed E-state index contributed by atoms with van der Waals surface area (Å²) in [4.78, 5) is 4.55. The van der Waals surface area contributed by atoms with Crippen molar-refractivity contribution in [3.8, 4) is 0 Å². The molecule has 3 aliphatic rings. The number of methoxy groups -OCH3 is 1. The molecule has 60 valence electrons. The van der Waals surface area contributed by atoms with Gasteiger partial charge in [0.1, 0.15) is 0 Å². The Labute approximate surface area is 66.7 Å². The van der Waals surface area contributed by atoms with Gasteiger partial charge in [-0.1, -0.05) is 6.42 Å². The highest BCUT2D eigenvalue weighted by atomic mass is 16.5. The highest BCUT2D eigenvalue weighted by Gasteiger charge is 2.62. The first-order chi connectivity index (χ1) is 5.42. The minimum atomic E-state index is 0.647. The number of nitrogens with zero attached hydrogens (tertiary/aromatic N) is 1. The number of rotatable bonds is 0. The molecule has 0 amide bonds. The molecule has 0 unspecified atom stereocenters. The summed E-state index contributed by atoms with van der Waals surface area (Å²) < 4.78 is 5.25. The van der Waals surface area contributed by atoms with Gasteiger partial charge in [0.2, 0.25) is 0 Å². The SMILES string of the molecule is COC1=N[C@@H]2CCC[C@@H]3[C@@H]1[C@@H]32. The largest absolute Gasteiger partial charge is 0.484 e. The first-order valence-corrected chi connectivity index (χ1v) is 4.53. The maximum Gasteiger partial charge on any atom is 0.187 e. The first-order valence-electron chi connectivity index (χ1n) is 4.53. The van der Waals surface area contributed by atoms with Crippen LogP contribution < -0.4 is 0 Å². The van der Waals surface area contributed by atoms with Crippen molar-refractivity contribution >= 4 is 5.90 Å². The van der Waals surface area contributed by atoms with Crippen molar-refractivity contribution in [2.75, 3.05) is 7.11 Å². The quantitative estimate of drug-likeness (QED) is 0.513. The summed E-state index contributed by atoms with van der Waals surface area (Å²) in [7, 11) is 1.76. The van der Waals surface area contributed by atoms with E-state index in [1.807, 2.05) is 0 Å². The normalized spacial score (nSPS) is 51.5. The van der Waals surface area contributed by atoms with Crippen LogP contribution in [0.2, 0.25) is 0 Å². The van der Waals surface area contributed by atoms with Crippen LogP contribution in [0.15, 0.2) is 4.99 Å². The van der Waals surface area contributed by atoms with Crippen LogP contribution in [-0.4, -0.2) is 19.0 Å². The number of hydrogen-bond acceptors (Lipinski definition) is 2. The fourth-order valence-electron chi connectivity index (χ4n) is 2.99. The molecule has 0 N–H and O–H groups in total. The van der Waals surface area contributed by atoms with E-state index in [4.69, 9.17) is 4.74 Å². The molecule has 0 saturated heterocycles. The molecular formula is C9H13NO. The second-order valence-electron chi connectivity index (χ2n) is 3.94. The molecule has 0 aromatic carbocycles. The second-order valence-corrected chi connectivity index (χ2v) is 3.94. The van der Waals surface area contributed by atoms with Gasteiger partial charge in [0.15, 0.2) is 5.90 Å². The minimum Gasteiger partial charge on any atom is -0.484 e. The van der Waals surface area contributed by atoms with Gasteiger partial charge in [0.05, 0.1) is 13.2 Å². The van der Waals surface area contributed by atoms with E-state index in [-0.39, 0.29) is 0 Å². The van der Waals surface area contributed by atoms with Gasteiger partial charge in [-0.25, -0.2) is 0 Å². The summed E-state index contributed by atoms with van der Waals surface area (Å²) in [5.74, 6) is 3.66. The predicted molar refractivity (Wildman–Crippen MR) is 42.6 cm³/mol. The molecule has 0 radical (unpaired) electrons. The fourth-order valence-corrected chi connectivity index (χ4v) is 2.99. The van der Waals surface area contributed by atoms with Crippen molar-refractivity contribution < 1.29 is 4.74 Å². The van der Waals surface area contributed by atoms with Crippen molar-refractivity contribution in [1.82, 2.24) is 0 Å². The van der Waals surface area contributed by atoms with Crippen LogP contribution in [0.5, 0.6) is 0 Å². The molecule has 3 rings (SSSR count). The van der Waals surface area contributed by atoms with Crippen LogP contribution in [0.25, 0.3) is 0 Å². The number of hydrogen-bond donors (Lipinski definition) is 0. The Balaban J connectivity index is 1.91. The molecule has 2 fully saturated rings. The Morgan fingerprint density at radius 2 is 2.36 bits per heavy atom. The standard InChI is InChI=1S/C9H13NO/c1-11-9-8-5-3-2-4-6(10-9)7(5)8/h5-8H,2-4H2,1H3/t5-,6+,7-,8+/m0/s1. The van der Waals surface area contributed by atoms with E-state index in [0.717, 1.165) is 23.7 Å². The highest BCUT2D eigenvalue weighted by Crippen LogP contribution is 2.60. The summed E-state index contributed by atoms with van der Waals surface area (Å²) in [6.45, 7) is 0. The van der Waals surface area contributed by atoms with Crippen LogP contribution in [-0.2, 0) is 4.74 Å². The Kier molecular flexibility index (Phi) is 0.984. The molecule has 4 atom stereocenters. The Hall–Kier alpha value is -0.530. The maximum absolute atomic E-state index is 5.25. The third kappa shape index (κ3) is 0.608. The molecule has 0 spiro atoms. The van der Waals surface area contributed by atoms with Crippen molar-refractivity contribution in [3.05, 3.63) is 0 Å². The Morgan fingerprint density at radius 1 is 1.45 bits per heavy atom. The summed E-state index contributed by atoms with van der Waals surface area (Å²) in [5, 5.41) is 0. The number of ether oxygens (including phenoxy) is 1. The molecule has 1 aliphatic heterocycles. The third-order valence-electron chi connectivity index (χ3n) is 3.50. The molecule has 2 nitrogen and oxygen atoms in total. The smallest absolute Gasteiger partial charge is 0.187 e. The zero-order valence-corrected chi connectivity index (χ0v) is 6.79. The van der Waals surface area contributed by atoms with Gasteiger partial charge in [-0.3, -0.25) is 4.99 Å². The van der Waals surface area contributed by atoms with Gasteiger partial charge in [0.25, 0.3) is 0 Å². The lowest BCUT2D eigenvalue weighted by molar-refractivity contribution is 0.369. The van der Waals surface area contributed by atoms with Gasteiger partial charge in [-0.15, -0.1) is 0 Å². The summed E-state index contributed by atoms with van der Waals surface area (Å²) >= 11 is 0. The summed E-state index contributed by atoms with van der Waals surface area (Å²) in [5.41, 5.74) is 0. The summed E-state index contributed by atoms with van der Waals surface area (Å²) in [6, 6.07) is 0.647. The average molecular weight is 151 g/mol. The third-order valence-corrected chi connectivity index (χ3v) is 3.50. The van der Waals surface area contributed by atoms with E-state index in [1.165, 1.54) is 19.3 Å². The molecule has 0 bridgehead atoms. The molecule has 0 aromatic rings. The first kappa shape index (κ1) is 6.04. The molecular weight excluding hydrogens is 138 g/mol. The minimum absolute atomic E-state index is 0.647. The van der Waals surface area contributed by atoms with Crippen molar-refractivity contribution in [3.63, 3.8) is 0 Å². The van der Waals surface area contributed by atoms with Crippen LogP contribution >= 0.6 is 0 Å². The topological polar surface area (TPSA) is 21.6 Å². The lowest BCUT2D eigenvalue weighted by atomic mass is 9.96. The van der Waals surface area contributed by atoms with E-state index in [9.17, 15) is 0 Å². The molecule has 2 aliphatic carbocycles. The van der Waals surface area contributed by atoms with Crippen LogP contribution in [0, 0.1) is 17.8 Å². The van der Waals surface area contributed by atoms with Crippen molar-refractivity contribution in [1.29, 1.82) is 0 Å². The van der Waals surface area contributed by atoms with Crippen LogP contribution in [0.3, 0.4) is 0 Å². The predicted octanol–water partition coefficient (Wildman–Crippen LogP) is 1.46.